The average molecular weight is 296 g/mol. The summed E-state index contributed by atoms with van der Waals surface area (Å²) in [7, 11) is 0. The largest absolute Gasteiger partial charge is 0.372 e. The number of ether oxygens (including phenoxy) is 1. The summed E-state index contributed by atoms with van der Waals surface area (Å²) in [5, 5.41) is 4.25. The molecule has 1 saturated heterocycles. The molecule has 20 heavy (non-hydrogen) atoms. The Balaban J connectivity index is 1.73. The maximum Gasteiger partial charge on any atom is 0.129 e. The highest BCUT2D eigenvalue weighted by Crippen LogP contribution is 2.25. The van der Waals surface area contributed by atoms with Gasteiger partial charge in [0.1, 0.15) is 5.82 Å². The Hall–Kier alpha value is -0.840. The monoisotopic (exact) mass is 295 g/mol. The van der Waals surface area contributed by atoms with Gasteiger partial charge in [0, 0.05) is 31.9 Å². The molecule has 1 aromatic rings. The molecule has 1 aromatic heterocycles. The topological polar surface area (TPSA) is 37.4 Å². The predicted molar refractivity (Wildman–Crippen MR) is 81.3 cm³/mol. The molecule has 2 fully saturated rings. The van der Waals surface area contributed by atoms with Crippen molar-refractivity contribution in [2.24, 2.45) is 0 Å². The Morgan fingerprint density at radius 2 is 2.05 bits per heavy atom. The van der Waals surface area contributed by atoms with Gasteiger partial charge >= 0.3 is 0 Å². The highest BCUT2D eigenvalue weighted by Gasteiger charge is 2.24. The fourth-order valence-electron chi connectivity index (χ4n) is 2.68. The van der Waals surface area contributed by atoms with Crippen LogP contribution in [0.1, 0.15) is 32.3 Å². The lowest BCUT2D eigenvalue weighted by molar-refractivity contribution is -0.00546. The minimum Gasteiger partial charge on any atom is -0.372 e. The van der Waals surface area contributed by atoms with Crippen LogP contribution in [0.2, 0.25) is 5.02 Å². The van der Waals surface area contributed by atoms with E-state index in [4.69, 9.17) is 16.3 Å². The summed E-state index contributed by atoms with van der Waals surface area (Å²) in [6.07, 6.45) is 4.82. The highest BCUT2D eigenvalue weighted by atomic mass is 35.5. The van der Waals surface area contributed by atoms with Crippen molar-refractivity contribution >= 4 is 17.4 Å². The van der Waals surface area contributed by atoms with Gasteiger partial charge in [-0.3, -0.25) is 0 Å². The second kappa shape index (κ2) is 5.88. The van der Waals surface area contributed by atoms with E-state index in [1.807, 2.05) is 0 Å². The van der Waals surface area contributed by atoms with Crippen molar-refractivity contribution in [2.45, 2.75) is 51.5 Å². The zero-order valence-electron chi connectivity index (χ0n) is 12.1. The van der Waals surface area contributed by atoms with Gasteiger partial charge in [-0.15, -0.1) is 0 Å². The van der Waals surface area contributed by atoms with E-state index >= 15 is 0 Å². The minimum absolute atomic E-state index is 0.240. The number of hydrogen-bond acceptors (Lipinski definition) is 4. The Morgan fingerprint density at radius 3 is 2.70 bits per heavy atom. The predicted octanol–water partition coefficient (Wildman–Crippen LogP) is 2.60. The van der Waals surface area contributed by atoms with Crippen LogP contribution in [0, 0.1) is 0 Å². The highest BCUT2D eigenvalue weighted by molar-refractivity contribution is 6.31. The number of rotatable bonds is 4. The van der Waals surface area contributed by atoms with Crippen molar-refractivity contribution in [1.29, 1.82) is 0 Å². The zero-order valence-corrected chi connectivity index (χ0v) is 12.9. The van der Waals surface area contributed by atoms with E-state index in [2.05, 4.69) is 35.1 Å². The third kappa shape index (κ3) is 3.43. The number of pyridine rings is 1. The molecule has 2 heterocycles. The maximum atomic E-state index is 6.25. The molecule has 110 valence electrons. The van der Waals surface area contributed by atoms with Gasteiger partial charge in [0.2, 0.25) is 0 Å². The number of nitrogens with zero attached hydrogens (tertiary/aromatic N) is 2. The van der Waals surface area contributed by atoms with E-state index in [1.165, 1.54) is 12.8 Å². The zero-order chi connectivity index (χ0) is 14.1. The third-order valence-electron chi connectivity index (χ3n) is 3.82. The quantitative estimate of drug-likeness (QED) is 0.926. The molecule has 0 unspecified atom stereocenters. The van der Waals surface area contributed by atoms with Crippen LogP contribution < -0.4 is 10.2 Å². The van der Waals surface area contributed by atoms with Crippen LogP contribution in [0.15, 0.2) is 12.3 Å². The fourth-order valence-corrected chi connectivity index (χ4v) is 2.85. The smallest absolute Gasteiger partial charge is 0.129 e. The maximum absolute atomic E-state index is 6.25. The van der Waals surface area contributed by atoms with E-state index in [1.54, 1.807) is 6.20 Å². The molecule has 1 saturated carbocycles. The molecule has 3 rings (SSSR count). The number of anilines is 1. The molecule has 0 radical (unpaired) electrons. The number of aromatic nitrogens is 1. The molecular weight excluding hydrogens is 274 g/mol. The van der Waals surface area contributed by atoms with Gasteiger partial charge in [0.15, 0.2) is 0 Å². The SMILES string of the molecule is C[C@@H]1CN(c2cc(CNC3CC3)c(Cl)cn2)C[C@H](C)O1. The molecule has 1 N–H and O–H groups in total. The summed E-state index contributed by atoms with van der Waals surface area (Å²) >= 11 is 6.25. The van der Waals surface area contributed by atoms with Gasteiger partial charge in [-0.25, -0.2) is 4.98 Å². The first-order chi connectivity index (χ1) is 9.61. The van der Waals surface area contributed by atoms with Crippen LogP contribution in [0.25, 0.3) is 0 Å². The molecule has 2 aliphatic rings. The van der Waals surface area contributed by atoms with Gasteiger partial charge in [0.05, 0.1) is 17.2 Å². The second-order valence-electron chi connectivity index (χ2n) is 5.95. The average Bonchev–Trinajstić information content (AvgIpc) is 3.20. The fraction of sp³-hybridized carbons (Fsp3) is 0.667. The first-order valence-electron chi connectivity index (χ1n) is 7.40. The molecule has 5 heteroatoms. The Kier molecular flexibility index (Phi) is 4.15. The van der Waals surface area contributed by atoms with Crippen LogP contribution >= 0.6 is 11.6 Å². The van der Waals surface area contributed by atoms with Gasteiger partial charge in [-0.2, -0.15) is 0 Å². The summed E-state index contributed by atoms with van der Waals surface area (Å²) < 4.78 is 5.77. The van der Waals surface area contributed by atoms with E-state index in [-0.39, 0.29) is 12.2 Å². The Labute approximate surface area is 125 Å². The van der Waals surface area contributed by atoms with Crippen LogP contribution in [-0.2, 0) is 11.3 Å². The lowest BCUT2D eigenvalue weighted by atomic mass is 10.2. The normalized spacial score (nSPS) is 26.9. The van der Waals surface area contributed by atoms with E-state index < -0.39 is 0 Å². The van der Waals surface area contributed by atoms with Gasteiger partial charge in [-0.1, -0.05) is 11.6 Å². The van der Waals surface area contributed by atoms with Crippen LogP contribution in [-0.4, -0.2) is 36.3 Å². The van der Waals surface area contributed by atoms with Gasteiger partial charge in [-0.05, 0) is 38.3 Å². The first kappa shape index (κ1) is 14.1. The van der Waals surface area contributed by atoms with Gasteiger partial charge in [0.25, 0.3) is 0 Å². The van der Waals surface area contributed by atoms with Crippen molar-refractivity contribution in [3.05, 3.63) is 22.8 Å². The Bertz CT molecular complexity index is 468. The summed E-state index contributed by atoms with van der Waals surface area (Å²) in [4.78, 5) is 6.77. The van der Waals surface area contributed by atoms with E-state index in [9.17, 15) is 0 Å². The molecule has 0 aromatic carbocycles. The molecule has 0 bridgehead atoms. The van der Waals surface area contributed by atoms with Crippen molar-refractivity contribution in [3.8, 4) is 0 Å². The van der Waals surface area contributed by atoms with Gasteiger partial charge < -0.3 is 15.0 Å². The van der Waals surface area contributed by atoms with E-state index in [0.29, 0.717) is 6.04 Å². The van der Waals surface area contributed by atoms with Crippen molar-refractivity contribution in [3.63, 3.8) is 0 Å². The standard InChI is InChI=1S/C15H22ClN3O/c1-10-8-19(9-11(2)20-10)15-5-12(14(16)7-18-15)6-17-13-3-4-13/h5,7,10-11,13,17H,3-4,6,8-9H2,1-2H3/t10-,11+. The van der Waals surface area contributed by atoms with Crippen LogP contribution in [0.3, 0.4) is 0 Å². The molecule has 0 amide bonds. The molecule has 1 aliphatic heterocycles. The number of morpholine rings is 1. The lowest BCUT2D eigenvalue weighted by Crippen LogP contribution is -2.45. The Morgan fingerprint density at radius 1 is 1.35 bits per heavy atom. The summed E-state index contributed by atoms with van der Waals surface area (Å²) in [6.45, 7) is 6.81. The number of nitrogens with one attached hydrogen (secondary N) is 1. The number of halogens is 1. The minimum atomic E-state index is 0.240. The van der Waals surface area contributed by atoms with Crippen LogP contribution in [0.5, 0.6) is 0 Å². The number of hydrogen-bond donors (Lipinski definition) is 1. The van der Waals surface area contributed by atoms with E-state index in [0.717, 1.165) is 36.0 Å². The second-order valence-corrected chi connectivity index (χ2v) is 6.36. The molecular formula is C15H22ClN3O. The molecule has 0 spiro atoms. The third-order valence-corrected chi connectivity index (χ3v) is 4.16. The lowest BCUT2D eigenvalue weighted by Gasteiger charge is -2.36. The van der Waals surface area contributed by atoms with Crippen LogP contribution in [0.4, 0.5) is 5.82 Å². The summed E-state index contributed by atoms with van der Waals surface area (Å²) in [5.74, 6) is 1.00. The van der Waals surface area contributed by atoms with Crippen molar-refractivity contribution < 1.29 is 4.74 Å². The summed E-state index contributed by atoms with van der Waals surface area (Å²) in [6, 6.07) is 2.80. The van der Waals surface area contributed by atoms with Crippen molar-refractivity contribution in [2.75, 3.05) is 18.0 Å². The first-order valence-corrected chi connectivity index (χ1v) is 7.78. The summed E-state index contributed by atoms with van der Waals surface area (Å²) in [5.41, 5.74) is 1.13. The molecule has 1 aliphatic carbocycles. The molecule has 2 atom stereocenters. The van der Waals surface area contributed by atoms with Crippen molar-refractivity contribution in [1.82, 2.24) is 10.3 Å². The molecule has 4 nitrogen and oxygen atoms in total.